The van der Waals surface area contributed by atoms with Crippen LogP contribution >= 0.6 is 0 Å². The summed E-state index contributed by atoms with van der Waals surface area (Å²) in [4.78, 5) is 12.9. The molecule has 9 rings (SSSR count). The molecule has 1 saturated carbocycles. The lowest BCUT2D eigenvalue weighted by Crippen LogP contribution is -2.45. The van der Waals surface area contributed by atoms with E-state index in [0.29, 0.717) is 49.9 Å². The molecule has 0 amide bonds. The van der Waals surface area contributed by atoms with Gasteiger partial charge in [0, 0.05) is 25.3 Å². The number of carbonyl (C=O) groups is 1. The van der Waals surface area contributed by atoms with Gasteiger partial charge in [0.2, 0.25) is 17.4 Å². The Kier molecular flexibility index (Phi) is 35.3. The van der Waals surface area contributed by atoms with Gasteiger partial charge >= 0.3 is 5.97 Å². The van der Waals surface area contributed by atoms with Crippen molar-refractivity contribution in [1.82, 2.24) is 0 Å². The van der Waals surface area contributed by atoms with Crippen LogP contribution in [0.5, 0.6) is 28.7 Å². The molecule has 0 bridgehead atoms. The van der Waals surface area contributed by atoms with Gasteiger partial charge in [-0.25, -0.2) is 30.4 Å². The minimum Gasteiger partial charge on any atom is -0.744 e. The van der Waals surface area contributed by atoms with E-state index in [-0.39, 0.29) is 46.1 Å². The normalized spacial score (nSPS) is 13.3. The van der Waals surface area contributed by atoms with Crippen molar-refractivity contribution in [3.05, 3.63) is 232 Å². The van der Waals surface area contributed by atoms with Crippen molar-refractivity contribution >= 4 is 27.0 Å². The number of esters is 1. The number of benzene rings is 8. The third-order valence-corrected chi connectivity index (χ3v) is 22.0. The first kappa shape index (κ1) is 86.8. The zero-order valence-corrected chi connectivity index (χ0v) is 64.1. The number of hydrogen-bond donors (Lipinski definition) is 1. The molecule has 0 heterocycles. The van der Waals surface area contributed by atoms with E-state index >= 15 is 0 Å². The number of phenolic OH excluding ortho intramolecular Hbond substituents is 1. The van der Waals surface area contributed by atoms with Crippen molar-refractivity contribution in [2.45, 2.75) is 210 Å². The molecule has 8 aromatic rings. The molecule has 3 atom stereocenters. The second-order valence-corrected chi connectivity index (χ2v) is 29.8. The summed E-state index contributed by atoms with van der Waals surface area (Å²) in [5, 5.41) is 9.01. The summed E-state index contributed by atoms with van der Waals surface area (Å²) in [7, 11) is -2.91. The summed E-state index contributed by atoms with van der Waals surface area (Å²) in [5.74, 6) is -7.45. The topological polar surface area (TPSA) is 150 Å². The van der Waals surface area contributed by atoms with Gasteiger partial charge in [-0.05, 0) is 222 Å². The Morgan fingerprint density at radius 1 is 0.529 bits per heavy atom. The molecule has 1 aliphatic carbocycles. The monoisotopic (exact) mass is 1480 g/mol. The molecule has 3 unspecified atom stereocenters. The summed E-state index contributed by atoms with van der Waals surface area (Å²) in [6.07, 6.45) is 12.2. The predicted octanol–water partition coefficient (Wildman–Crippen LogP) is 22.9. The summed E-state index contributed by atoms with van der Waals surface area (Å²) < 4.78 is 160. The van der Waals surface area contributed by atoms with Crippen LogP contribution in [0.2, 0.25) is 0 Å². The first-order valence-corrected chi connectivity index (χ1v) is 38.2. The van der Waals surface area contributed by atoms with E-state index in [1.807, 2.05) is 52.0 Å². The highest BCUT2D eigenvalue weighted by Gasteiger charge is 2.43. The second-order valence-electron chi connectivity index (χ2n) is 26.5. The molecule has 1 fully saturated rings. The Hall–Kier alpha value is -7.88. The summed E-state index contributed by atoms with van der Waals surface area (Å²) in [5.41, 5.74) is 6.21. The average molecular weight is 1490 g/mol. The summed E-state index contributed by atoms with van der Waals surface area (Å²) in [6, 6.07) is 44.4. The quantitative estimate of drug-likeness (QED) is 0.0131. The molecule has 11 nitrogen and oxygen atoms in total. The van der Waals surface area contributed by atoms with Crippen molar-refractivity contribution in [1.29, 1.82) is 0 Å². The number of methoxy groups -OCH3 is 2. The highest BCUT2D eigenvalue weighted by molar-refractivity contribution is 7.97. The van der Waals surface area contributed by atoms with Gasteiger partial charge in [0.25, 0.3) is 0 Å². The van der Waals surface area contributed by atoms with Crippen molar-refractivity contribution in [3.8, 4) is 28.7 Å². The van der Waals surface area contributed by atoms with Gasteiger partial charge in [0.1, 0.15) is 74.3 Å². The lowest BCUT2D eigenvalue weighted by Gasteiger charge is -2.42. The molecule has 0 saturated heterocycles. The predicted molar refractivity (Wildman–Crippen MR) is 396 cm³/mol. The molecule has 1 N–H and O–H groups in total. The van der Waals surface area contributed by atoms with Gasteiger partial charge in [-0.3, -0.25) is 4.79 Å². The third kappa shape index (κ3) is 25.4. The van der Waals surface area contributed by atoms with Crippen LogP contribution in [-0.2, 0) is 53.2 Å². The number of aryl methyl sites for hydroxylation is 1. The molecule has 1 aliphatic rings. The molecule has 0 radical (unpaired) electrons. The van der Waals surface area contributed by atoms with Crippen LogP contribution in [0.15, 0.2) is 177 Å². The lowest BCUT2D eigenvalue weighted by atomic mass is 9.73. The van der Waals surface area contributed by atoms with E-state index in [1.165, 1.54) is 97.3 Å². The van der Waals surface area contributed by atoms with Crippen molar-refractivity contribution < 1.29 is 82.0 Å². The maximum Gasteiger partial charge on any atom is 0.312 e. The van der Waals surface area contributed by atoms with Crippen LogP contribution in [0.1, 0.15) is 198 Å². The largest absolute Gasteiger partial charge is 0.744 e. The zero-order valence-electron chi connectivity index (χ0n) is 62.4. The highest BCUT2D eigenvalue weighted by atomic mass is 32.2. The van der Waals surface area contributed by atoms with Crippen LogP contribution < -0.4 is 14.2 Å². The number of halogens is 7. The number of carbonyl (C=O) groups excluding carboxylic acids is 1. The minimum atomic E-state index is -5.75. The SMILES string of the molecule is CCC(C)(C)C(=O)OC(CC)(CC)C1CCCCC1.CCC(C)c1ccc(O)cc1.CCC(C)c1ccc(OCCOc2c(COC)cc(C)cc2COC)cc1.CCC(C)c1ccc(Oc2c(F)c(F)c(S(=O)(=O)[O-])c(F)c2F)cc1.Fc1ccc([S+](c2ccc(F)cc2)c2ccc(F)cc2)cc1. The maximum absolute atomic E-state index is 13.9. The fraction of sp³-hybridized carbons (Fsp3) is 0.417. The van der Waals surface area contributed by atoms with Gasteiger partial charge < -0.3 is 38.1 Å². The molecule has 104 heavy (non-hydrogen) atoms. The Labute approximate surface area is 615 Å². The van der Waals surface area contributed by atoms with Crippen LogP contribution in [0.3, 0.4) is 0 Å². The van der Waals surface area contributed by atoms with E-state index in [4.69, 9.17) is 33.5 Å². The zero-order chi connectivity index (χ0) is 76.9. The molecule has 0 aromatic heterocycles. The first-order valence-electron chi connectivity index (χ1n) is 35.5. The van der Waals surface area contributed by atoms with Gasteiger partial charge in [-0.15, -0.1) is 0 Å². The van der Waals surface area contributed by atoms with Crippen molar-refractivity contribution in [2.75, 3.05) is 27.4 Å². The lowest BCUT2D eigenvalue weighted by molar-refractivity contribution is -0.180. The van der Waals surface area contributed by atoms with Crippen molar-refractivity contribution in [3.63, 3.8) is 0 Å². The minimum absolute atomic E-state index is 0.00993. The van der Waals surface area contributed by atoms with Crippen LogP contribution in [-0.4, -0.2) is 57.1 Å². The van der Waals surface area contributed by atoms with Gasteiger partial charge in [0.15, 0.2) is 26.3 Å². The van der Waals surface area contributed by atoms with E-state index in [0.717, 1.165) is 81.4 Å². The summed E-state index contributed by atoms with van der Waals surface area (Å²) in [6.45, 7) is 27.1. The van der Waals surface area contributed by atoms with Crippen LogP contribution in [0, 0.1) is 59.0 Å². The van der Waals surface area contributed by atoms with Gasteiger partial charge in [0.05, 0.1) is 29.5 Å². The molecular weight excluding hydrogens is 1380 g/mol. The van der Waals surface area contributed by atoms with Crippen LogP contribution in [0.4, 0.5) is 30.7 Å². The first-order chi connectivity index (χ1) is 49.4. The number of rotatable bonds is 27. The average Bonchev–Trinajstić information content (AvgIpc) is 0.769. The summed E-state index contributed by atoms with van der Waals surface area (Å²) >= 11 is 0. The Morgan fingerprint density at radius 3 is 1.26 bits per heavy atom. The van der Waals surface area contributed by atoms with E-state index in [1.54, 1.807) is 74.9 Å². The molecular formula is C84H103F7O11S2. The fourth-order valence-corrected chi connectivity index (χ4v) is 14.2. The Morgan fingerprint density at radius 2 is 0.904 bits per heavy atom. The van der Waals surface area contributed by atoms with Crippen molar-refractivity contribution in [2.24, 2.45) is 11.3 Å². The molecule has 0 spiro atoms. The van der Waals surface area contributed by atoms with E-state index in [9.17, 15) is 48.5 Å². The highest BCUT2D eigenvalue weighted by Crippen LogP contribution is 2.42. The smallest absolute Gasteiger partial charge is 0.312 e. The second kappa shape index (κ2) is 42.3. The molecule has 0 aliphatic heterocycles. The Bertz CT molecular complexity index is 3840. The van der Waals surface area contributed by atoms with Gasteiger partial charge in [-0.2, -0.15) is 8.78 Å². The molecule has 566 valence electrons. The number of ether oxygens (including phenoxy) is 6. The molecule has 20 heteroatoms. The fourth-order valence-electron chi connectivity index (χ4n) is 11.5. The molecule has 8 aromatic carbocycles. The van der Waals surface area contributed by atoms with E-state index in [2.05, 4.69) is 79.7 Å². The number of phenols is 1. The Balaban J connectivity index is 0.000000239. The van der Waals surface area contributed by atoms with Gasteiger partial charge in [-0.1, -0.05) is 136 Å². The number of aromatic hydroxyl groups is 1. The number of hydrogen-bond acceptors (Lipinski definition) is 11. The maximum atomic E-state index is 13.9. The third-order valence-electron chi connectivity index (χ3n) is 18.9. The van der Waals surface area contributed by atoms with Crippen LogP contribution in [0.25, 0.3) is 0 Å². The standard InChI is InChI=1S/C23H32O4.C18H12F3S.C17H32O2.C16H14F4O4S.C10H14O/c1-6-18(3)19-7-9-22(10-8-19)26-11-12-27-23-20(15-24-4)13-17(2)14-21(23)16-25-5;19-13-1-7-16(8-2-13)22(17-9-3-14(20)4-10-17)18-11-5-15(21)6-12-18;1-6-16(4,5)15(18)19-17(7-2,8-3)14-12-10-9-11-13-14;1-3-8(2)9-4-6-10(7-5-9)24-15-11(17)13(19)16(25(21,22)23)14(20)12(15)18;1-3-8(2)9-4-6-10(11)7-5-9/h7-10,13-14,18H,6,11-12,15-16H2,1-5H3;1-12H;14H,6-13H2,1-5H3;4-8H,3H2,1-2H3,(H,21,22,23);4-8,11H,3H2,1-2H3/q;+1;;;/p-1. The van der Waals surface area contributed by atoms with E-state index < -0.39 is 54.9 Å².